The summed E-state index contributed by atoms with van der Waals surface area (Å²) in [7, 11) is 0. The lowest BCUT2D eigenvalue weighted by atomic mass is 9.99. The van der Waals surface area contributed by atoms with E-state index >= 15 is 0 Å². The van der Waals surface area contributed by atoms with E-state index in [4.69, 9.17) is 5.11 Å². The molecule has 0 fully saturated rings. The fraction of sp³-hybridized carbons (Fsp3) is 1.00. The van der Waals surface area contributed by atoms with E-state index in [0.29, 0.717) is 18.8 Å². The van der Waals surface area contributed by atoms with Crippen LogP contribution in [0.4, 0.5) is 0 Å². The van der Waals surface area contributed by atoms with Crippen LogP contribution in [0.25, 0.3) is 0 Å². The lowest BCUT2D eigenvalue weighted by Gasteiger charge is -2.09. The Morgan fingerprint density at radius 1 is 1.55 bits per heavy atom. The van der Waals surface area contributed by atoms with E-state index in [0.717, 1.165) is 6.42 Å². The Morgan fingerprint density at radius 2 is 2.18 bits per heavy atom. The van der Waals surface area contributed by atoms with Crippen molar-refractivity contribution < 1.29 is 10.0 Å². The zero-order valence-electron chi connectivity index (χ0n) is 6.82. The molecule has 1 unspecified atom stereocenters. The van der Waals surface area contributed by atoms with Crippen LogP contribution >= 0.6 is 0 Å². The number of aliphatic hydroxyl groups is 1. The van der Waals surface area contributed by atoms with Gasteiger partial charge in [0.2, 0.25) is 6.54 Å². The van der Waals surface area contributed by atoms with Crippen LogP contribution in [0.3, 0.4) is 0 Å². The first kappa shape index (κ1) is 10.4. The van der Waals surface area contributed by atoms with Crippen molar-refractivity contribution in [2.45, 2.75) is 26.2 Å². The minimum Gasteiger partial charge on any atom is -0.396 e. The van der Waals surface area contributed by atoms with Gasteiger partial charge in [0, 0.05) is 18.0 Å². The molecule has 0 saturated carbocycles. The molecule has 66 valence electrons. The summed E-state index contributed by atoms with van der Waals surface area (Å²) >= 11 is 0. The molecule has 0 bridgehead atoms. The maximum Gasteiger partial charge on any atom is 0.204 e. The Bertz CT molecular complexity index is 116. The molecule has 0 aromatic rings. The summed E-state index contributed by atoms with van der Waals surface area (Å²) in [4.78, 5) is 9.66. The van der Waals surface area contributed by atoms with Crippen LogP contribution in [0.2, 0.25) is 0 Å². The molecule has 0 aliphatic carbocycles. The minimum atomic E-state index is -0.306. The predicted molar refractivity (Wildman–Crippen MR) is 42.0 cm³/mol. The molecular formula is C7H15NO3. The first-order chi connectivity index (χ1) is 5.20. The zero-order chi connectivity index (χ0) is 8.69. The normalized spacial score (nSPS) is 12.9. The number of hydrogen-bond acceptors (Lipinski definition) is 3. The SMILES string of the molecule is CCC(CCO)CC[N+](=O)[O-]. The monoisotopic (exact) mass is 161 g/mol. The molecule has 0 radical (unpaired) electrons. The van der Waals surface area contributed by atoms with E-state index in [2.05, 4.69) is 0 Å². The van der Waals surface area contributed by atoms with Gasteiger partial charge < -0.3 is 5.11 Å². The maximum atomic E-state index is 9.97. The van der Waals surface area contributed by atoms with Crippen LogP contribution in [0.15, 0.2) is 0 Å². The standard InChI is InChI=1S/C7H15NO3/c1-2-7(4-6-9)3-5-8(10)11/h7,9H,2-6H2,1H3. The molecule has 0 aliphatic rings. The van der Waals surface area contributed by atoms with E-state index in [-0.39, 0.29) is 18.1 Å². The second-order valence-electron chi connectivity index (χ2n) is 2.63. The van der Waals surface area contributed by atoms with Crippen LogP contribution in [-0.4, -0.2) is 23.2 Å². The van der Waals surface area contributed by atoms with Gasteiger partial charge in [-0.1, -0.05) is 13.3 Å². The van der Waals surface area contributed by atoms with E-state index in [9.17, 15) is 10.1 Å². The predicted octanol–water partition coefficient (Wildman–Crippen LogP) is 1.06. The van der Waals surface area contributed by atoms with Gasteiger partial charge in [0.25, 0.3) is 0 Å². The fourth-order valence-corrected chi connectivity index (χ4v) is 1.02. The molecule has 0 spiro atoms. The van der Waals surface area contributed by atoms with Crippen LogP contribution < -0.4 is 0 Å². The highest BCUT2D eigenvalue weighted by Gasteiger charge is 2.08. The van der Waals surface area contributed by atoms with Crippen molar-refractivity contribution in [2.75, 3.05) is 13.2 Å². The van der Waals surface area contributed by atoms with Crippen molar-refractivity contribution in [1.29, 1.82) is 0 Å². The van der Waals surface area contributed by atoms with Crippen LogP contribution in [0.5, 0.6) is 0 Å². The molecule has 0 saturated heterocycles. The van der Waals surface area contributed by atoms with Gasteiger partial charge in [0.05, 0.1) is 0 Å². The Kier molecular flexibility index (Phi) is 5.74. The van der Waals surface area contributed by atoms with Gasteiger partial charge in [-0.2, -0.15) is 0 Å². The summed E-state index contributed by atoms with van der Waals surface area (Å²) in [6, 6.07) is 0. The highest BCUT2D eigenvalue weighted by molar-refractivity contribution is 4.55. The van der Waals surface area contributed by atoms with Crippen molar-refractivity contribution in [3.05, 3.63) is 10.1 Å². The zero-order valence-corrected chi connectivity index (χ0v) is 6.82. The number of nitro groups is 1. The van der Waals surface area contributed by atoms with Gasteiger partial charge in [0.1, 0.15) is 0 Å². The van der Waals surface area contributed by atoms with Gasteiger partial charge >= 0.3 is 0 Å². The summed E-state index contributed by atoms with van der Waals surface area (Å²) in [6.07, 6.45) is 2.18. The first-order valence-electron chi connectivity index (χ1n) is 3.93. The van der Waals surface area contributed by atoms with E-state index in [1.165, 1.54) is 0 Å². The van der Waals surface area contributed by atoms with Gasteiger partial charge in [-0.05, 0) is 12.3 Å². The number of aliphatic hydroxyl groups excluding tert-OH is 1. The summed E-state index contributed by atoms with van der Waals surface area (Å²) in [5, 5.41) is 18.5. The molecular weight excluding hydrogens is 146 g/mol. The van der Waals surface area contributed by atoms with Crippen molar-refractivity contribution in [2.24, 2.45) is 5.92 Å². The van der Waals surface area contributed by atoms with E-state index < -0.39 is 0 Å². The minimum absolute atomic E-state index is 0.0263. The van der Waals surface area contributed by atoms with Gasteiger partial charge in [-0.25, -0.2) is 0 Å². The summed E-state index contributed by atoms with van der Waals surface area (Å²) in [5.41, 5.74) is 0. The molecule has 4 nitrogen and oxygen atoms in total. The second-order valence-corrected chi connectivity index (χ2v) is 2.63. The number of nitrogens with zero attached hydrogens (tertiary/aromatic N) is 1. The molecule has 0 amide bonds. The highest BCUT2D eigenvalue weighted by Crippen LogP contribution is 2.11. The molecule has 0 aromatic carbocycles. The fourth-order valence-electron chi connectivity index (χ4n) is 1.02. The Hall–Kier alpha value is -0.640. The maximum absolute atomic E-state index is 9.97. The third kappa shape index (κ3) is 5.79. The summed E-state index contributed by atoms with van der Waals surface area (Å²) in [6.45, 7) is 2.15. The average molecular weight is 161 g/mol. The lowest BCUT2D eigenvalue weighted by Crippen LogP contribution is -2.09. The molecule has 4 heteroatoms. The molecule has 1 N–H and O–H groups in total. The van der Waals surface area contributed by atoms with Crippen molar-refractivity contribution in [3.8, 4) is 0 Å². The average Bonchev–Trinajstić information content (AvgIpc) is 1.97. The molecule has 0 aromatic heterocycles. The number of rotatable bonds is 6. The third-order valence-corrected chi connectivity index (χ3v) is 1.83. The van der Waals surface area contributed by atoms with Crippen LogP contribution in [0.1, 0.15) is 26.2 Å². The molecule has 1 atom stereocenters. The first-order valence-corrected chi connectivity index (χ1v) is 3.93. The quantitative estimate of drug-likeness (QED) is 0.468. The van der Waals surface area contributed by atoms with E-state index in [1.807, 2.05) is 6.92 Å². The molecule has 0 heterocycles. The Balaban J connectivity index is 3.43. The second kappa shape index (κ2) is 6.09. The van der Waals surface area contributed by atoms with E-state index in [1.54, 1.807) is 0 Å². The Labute approximate surface area is 66.4 Å². The highest BCUT2D eigenvalue weighted by atomic mass is 16.6. The smallest absolute Gasteiger partial charge is 0.204 e. The van der Waals surface area contributed by atoms with Gasteiger partial charge in [-0.15, -0.1) is 0 Å². The van der Waals surface area contributed by atoms with Crippen LogP contribution in [0, 0.1) is 16.0 Å². The number of hydrogen-bond donors (Lipinski definition) is 1. The molecule has 0 rings (SSSR count). The van der Waals surface area contributed by atoms with Crippen molar-refractivity contribution >= 4 is 0 Å². The molecule has 0 aliphatic heterocycles. The topological polar surface area (TPSA) is 63.4 Å². The van der Waals surface area contributed by atoms with Crippen molar-refractivity contribution in [1.82, 2.24) is 0 Å². The van der Waals surface area contributed by atoms with Gasteiger partial charge in [0.15, 0.2) is 0 Å². The van der Waals surface area contributed by atoms with Crippen LogP contribution in [-0.2, 0) is 0 Å². The molecule has 11 heavy (non-hydrogen) atoms. The lowest BCUT2D eigenvalue weighted by molar-refractivity contribution is -0.481. The summed E-state index contributed by atoms with van der Waals surface area (Å²) < 4.78 is 0. The Morgan fingerprint density at radius 3 is 2.55 bits per heavy atom. The van der Waals surface area contributed by atoms with Crippen molar-refractivity contribution in [3.63, 3.8) is 0 Å². The van der Waals surface area contributed by atoms with Gasteiger partial charge in [-0.3, -0.25) is 10.1 Å². The largest absolute Gasteiger partial charge is 0.396 e. The third-order valence-electron chi connectivity index (χ3n) is 1.83. The summed E-state index contributed by atoms with van der Waals surface area (Å²) in [5.74, 6) is 0.311.